The van der Waals surface area contributed by atoms with Crippen LogP contribution in [0.5, 0.6) is 11.5 Å². The number of aliphatic imine (C=N–C) groups is 1. The molecule has 186 valence electrons. The van der Waals surface area contributed by atoms with Crippen LogP contribution in [0.3, 0.4) is 0 Å². The van der Waals surface area contributed by atoms with Crippen LogP contribution in [0.25, 0.3) is 0 Å². The lowest BCUT2D eigenvalue weighted by Crippen LogP contribution is -2.57. The molecule has 0 spiro atoms. The number of methoxy groups -OCH3 is 2. The van der Waals surface area contributed by atoms with Crippen LogP contribution in [0.4, 0.5) is 0 Å². The molecular formula is C26H32N4O5. The summed E-state index contributed by atoms with van der Waals surface area (Å²) < 4.78 is 16.1. The van der Waals surface area contributed by atoms with Crippen LogP contribution in [0.1, 0.15) is 24.1 Å². The summed E-state index contributed by atoms with van der Waals surface area (Å²) in [7, 11) is 3.11. The average Bonchev–Trinajstić information content (AvgIpc) is 2.89. The zero-order chi connectivity index (χ0) is 24.8. The Bertz CT molecular complexity index is 1070. The van der Waals surface area contributed by atoms with Gasteiger partial charge in [-0.2, -0.15) is 0 Å². The first-order valence-corrected chi connectivity index (χ1v) is 11.8. The zero-order valence-corrected chi connectivity index (χ0v) is 20.4. The smallest absolute Gasteiger partial charge is 0.321 e. The van der Waals surface area contributed by atoms with Gasteiger partial charge in [-0.15, -0.1) is 0 Å². The van der Waals surface area contributed by atoms with E-state index in [1.165, 1.54) is 12.7 Å². The second-order valence-electron chi connectivity index (χ2n) is 8.47. The third-order valence-electron chi connectivity index (χ3n) is 6.32. The van der Waals surface area contributed by atoms with E-state index in [-0.39, 0.29) is 6.61 Å². The molecule has 1 fully saturated rings. The van der Waals surface area contributed by atoms with Gasteiger partial charge >= 0.3 is 5.97 Å². The summed E-state index contributed by atoms with van der Waals surface area (Å²) >= 11 is 0. The zero-order valence-electron chi connectivity index (χ0n) is 20.4. The lowest BCUT2D eigenvalue weighted by Gasteiger charge is -2.39. The Labute approximate surface area is 205 Å². The molecule has 0 aliphatic carbocycles. The van der Waals surface area contributed by atoms with Crippen LogP contribution in [-0.2, 0) is 20.9 Å². The molecule has 2 aromatic carbocycles. The number of rotatable bonds is 7. The molecule has 9 nitrogen and oxygen atoms in total. The molecule has 2 aromatic rings. The molecule has 4 rings (SSSR count). The summed E-state index contributed by atoms with van der Waals surface area (Å²) in [5.41, 5.74) is 1.90. The Kier molecular flexibility index (Phi) is 7.87. The largest absolute Gasteiger partial charge is 0.497 e. The molecule has 0 saturated carbocycles. The predicted molar refractivity (Wildman–Crippen MR) is 131 cm³/mol. The van der Waals surface area contributed by atoms with Crippen molar-refractivity contribution < 1.29 is 23.8 Å². The maximum absolute atomic E-state index is 13.2. The van der Waals surface area contributed by atoms with Crippen molar-refractivity contribution in [1.82, 2.24) is 15.1 Å². The minimum Gasteiger partial charge on any atom is -0.497 e. The number of guanidine groups is 1. The van der Waals surface area contributed by atoms with Gasteiger partial charge in [0, 0.05) is 44.4 Å². The second-order valence-corrected chi connectivity index (χ2v) is 8.47. The monoisotopic (exact) mass is 480 g/mol. The SMILES string of the molecule is CCOC(=O)[C@H]1C(=O)NC(N2CCN(Cc3ccccc3)CC2)=N[C@H]1c1ccc(OC)cc1OC. The number of carbonyl (C=O) groups excluding carboxylic acids is 2. The predicted octanol–water partition coefficient (Wildman–Crippen LogP) is 2.23. The number of nitrogens with zero attached hydrogens (tertiary/aromatic N) is 3. The number of esters is 1. The van der Waals surface area contributed by atoms with Gasteiger partial charge in [0.25, 0.3) is 0 Å². The number of carbonyl (C=O) groups is 2. The van der Waals surface area contributed by atoms with Crippen molar-refractivity contribution in [2.24, 2.45) is 10.9 Å². The lowest BCUT2D eigenvalue weighted by molar-refractivity contribution is -0.153. The highest BCUT2D eigenvalue weighted by Crippen LogP contribution is 2.38. The van der Waals surface area contributed by atoms with Crippen molar-refractivity contribution in [3.63, 3.8) is 0 Å². The Morgan fingerprint density at radius 1 is 1.06 bits per heavy atom. The summed E-state index contributed by atoms with van der Waals surface area (Å²) in [6.45, 7) is 5.86. The van der Waals surface area contributed by atoms with E-state index >= 15 is 0 Å². The number of nitrogens with one attached hydrogen (secondary N) is 1. The van der Waals surface area contributed by atoms with E-state index in [2.05, 4.69) is 27.2 Å². The van der Waals surface area contributed by atoms with Gasteiger partial charge in [-0.25, -0.2) is 4.99 Å². The molecule has 2 aliphatic rings. The van der Waals surface area contributed by atoms with Crippen molar-refractivity contribution in [2.45, 2.75) is 19.5 Å². The van der Waals surface area contributed by atoms with Crippen LogP contribution in [0.2, 0.25) is 0 Å². The van der Waals surface area contributed by atoms with Crippen molar-refractivity contribution in [2.75, 3.05) is 47.0 Å². The van der Waals surface area contributed by atoms with E-state index in [0.29, 0.717) is 36.1 Å². The topological polar surface area (TPSA) is 92.7 Å². The van der Waals surface area contributed by atoms with E-state index in [1.807, 2.05) is 18.2 Å². The third kappa shape index (κ3) is 5.57. The number of benzene rings is 2. The van der Waals surface area contributed by atoms with Crippen LogP contribution >= 0.6 is 0 Å². The van der Waals surface area contributed by atoms with Gasteiger partial charge in [-0.3, -0.25) is 19.8 Å². The number of hydrogen-bond acceptors (Lipinski definition) is 8. The number of hydrogen-bond donors (Lipinski definition) is 1. The number of piperazine rings is 1. The Morgan fingerprint density at radius 2 is 1.80 bits per heavy atom. The highest BCUT2D eigenvalue weighted by atomic mass is 16.5. The molecule has 0 unspecified atom stereocenters. The molecule has 1 N–H and O–H groups in total. The van der Waals surface area contributed by atoms with E-state index in [4.69, 9.17) is 19.2 Å². The highest BCUT2D eigenvalue weighted by Gasteiger charge is 2.43. The maximum Gasteiger partial charge on any atom is 0.321 e. The van der Waals surface area contributed by atoms with Crippen molar-refractivity contribution in [3.05, 3.63) is 59.7 Å². The van der Waals surface area contributed by atoms with Gasteiger partial charge in [0.15, 0.2) is 5.92 Å². The van der Waals surface area contributed by atoms with E-state index in [9.17, 15) is 9.59 Å². The fourth-order valence-electron chi connectivity index (χ4n) is 4.47. The lowest BCUT2D eigenvalue weighted by atomic mass is 9.90. The fourth-order valence-corrected chi connectivity index (χ4v) is 4.47. The van der Waals surface area contributed by atoms with Gasteiger partial charge in [0.1, 0.15) is 17.5 Å². The van der Waals surface area contributed by atoms with Gasteiger partial charge in [-0.05, 0) is 24.6 Å². The first-order chi connectivity index (χ1) is 17.0. The highest BCUT2D eigenvalue weighted by molar-refractivity contribution is 6.08. The summed E-state index contributed by atoms with van der Waals surface area (Å²) in [5, 5.41) is 2.85. The molecule has 0 radical (unpaired) electrons. The molecule has 35 heavy (non-hydrogen) atoms. The summed E-state index contributed by atoms with van der Waals surface area (Å²) in [6, 6.07) is 14.9. The number of ether oxygens (including phenoxy) is 3. The van der Waals surface area contributed by atoms with Crippen LogP contribution < -0.4 is 14.8 Å². The molecule has 9 heteroatoms. The molecular weight excluding hydrogens is 448 g/mol. The normalized spacial score (nSPS) is 20.6. The standard InChI is InChI=1S/C26H32N4O5/c1-4-35-25(32)22-23(20-11-10-19(33-2)16-21(20)34-3)27-26(28-24(22)31)30-14-12-29(13-15-30)17-18-8-6-5-7-9-18/h5-11,16,22-23H,4,12-15,17H2,1-3H3,(H,27,28,31)/t22-,23+/m1/s1. The molecule has 1 saturated heterocycles. The fraction of sp³-hybridized carbons (Fsp3) is 0.423. The van der Waals surface area contributed by atoms with Gasteiger partial charge < -0.3 is 19.1 Å². The Balaban J connectivity index is 1.57. The second kappa shape index (κ2) is 11.2. The molecule has 2 atom stereocenters. The molecule has 1 amide bonds. The van der Waals surface area contributed by atoms with Crippen LogP contribution in [-0.4, -0.2) is 74.6 Å². The first kappa shape index (κ1) is 24.5. The molecule has 2 heterocycles. The van der Waals surface area contributed by atoms with Gasteiger partial charge in [0.2, 0.25) is 11.9 Å². The summed E-state index contributed by atoms with van der Waals surface area (Å²) in [5.74, 6) is -0.573. The van der Waals surface area contributed by atoms with Gasteiger partial charge in [0.05, 0.1) is 20.8 Å². The summed E-state index contributed by atoms with van der Waals surface area (Å²) in [4.78, 5) is 35.2. The quantitative estimate of drug-likeness (QED) is 0.480. The van der Waals surface area contributed by atoms with Crippen molar-refractivity contribution >= 4 is 17.8 Å². The van der Waals surface area contributed by atoms with Gasteiger partial charge in [-0.1, -0.05) is 30.3 Å². The maximum atomic E-state index is 13.2. The number of amides is 1. The van der Waals surface area contributed by atoms with E-state index in [0.717, 1.165) is 19.6 Å². The molecule has 0 bridgehead atoms. The average molecular weight is 481 g/mol. The van der Waals surface area contributed by atoms with Crippen LogP contribution in [0.15, 0.2) is 53.5 Å². The Morgan fingerprint density at radius 3 is 2.46 bits per heavy atom. The van der Waals surface area contributed by atoms with Crippen molar-refractivity contribution in [1.29, 1.82) is 0 Å². The van der Waals surface area contributed by atoms with E-state index in [1.54, 1.807) is 32.2 Å². The van der Waals surface area contributed by atoms with Crippen molar-refractivity contribution in [3.8, 4) is 11.5 Å². The first-order valence-electron chi connectivity index (χ1n) is 11.8. The van der Waals surface area contributed by atoms with E-state index < -0.39 is 23.8 Å². The summed E-state index contributed by atoms with van der Waals surface area (Å²) in [6.07, 6.45) is 0. The van der Waals surface area contributed by atoms with Crippen LogP contribution in [0, 0.1) is 5.92 Å². The molecule has 0 aromatic heterocycles. The Hall–Kier alpha value is -3.59. The molecule has 2 aliphatic heterocycles. The third-order valence-corrected chi connectivity index (χ3v) is 6.32. The minimum atomic E-state index is -1.11. The minimum absolute atomic E-state index is 0.176.